The fraction of sp³-hybridized carbons (Fsp3) is 0.800. The van der Waals surface area contributed by atoms with Crippen molar-refractivity contribution in [3.63, 3.8) is 0 Å². The molecule has 0 spiro atoms. The van der Waals surface area contributed by atoms with E-state index in [1.807, 2.05) is 0 Å². The molecule has 0 bridgehead atoms. The van der Waals surface area contributed by atoms with Crippen LogP contribution < -0.4 is 5.32 Å². The second-order valence-electron chi connectivity index (χ2n) is 3.27. The van der Waals surface area contributed by atoms with E-state index in [0.717, 1.165) is 0 Å². The SMILES string of the molecule is CC#CCNCC(C)(O)CCOC. The maximum Gasteiger partial charge on any atom is 0.0765 e. The lowest BCUT2D eigenvalue weighted by Gasteiger charge is -2.22. The maximum atomic E-state index is 9.75. The van der Waals surface area contributed by atoms with Crippen LogP contribution in [-0.4, -0.2) is 37.5 Å². The van der Waals surface area contributed by atoms with Crippen molar-refractivity contribution in [2.75, 3.05) is 26.8 Å². The van der Waals surface area contributed by atoms with Crippen LogP contribution in [-0.2, 0) is 4.74 Å². The van der Waals surface area contributed by atoms with Gasteiger partial charge in [-0.3, -0.25) is 0 Å². The minimum atomic E-state index is -0.703. The average molecular weight is 185 g/mol. The summed E-state index contributed by atoms with van der Waals surface area (Å²) in [6.07, 6.45) is 0.635. The minimum absolute atomic E-state index is 0.547. The number of nitrogens with one attached hydrogen (secondary N) is 1. The van der Waals surface area contributed by atoms with Crippen molar-refractivity contribution in [2.24, 2.45) is 0 Å². The fourth-order valence-electron chi connectivity index (χ4n) is 0.893. The molecule has 0 aliphatic carbocycles. The third-order valence-corrected chi connectivity index (χ3v) is 1.74. The molecule has 13 heavy (non-hydrogen) atoms. The van der Waals surface area contributed by atoms with Gasteiger partial charge in [0, 0.05) is 26.7 Å². The van der Waals surface area contributed by atoms with E-state index in [0.29, 0.717) is 26.1 Å². The minimum Gasteiger partial charge on any atom is -0.389 e. The normalized spacial score (nSPS) is 14.5. The Morgan fingerprint density at radius 2 is 2.23 bits per heavy atom. The van der Waals surface area contributed by atoms with Gasteiger partial charge in [-0.1, -0.05) is 5.92 Å². The van der Waals surface area contributed by atoms with Gasteiger partial charge in [0.25, 0.3) is 0 Å². The molecule has 0 saturated heterocycles. The van der Waals surface area contributed by atoms with Crippen LogP contribution in [0.3, 0.4) is 0 Å². The summed E-state index contributed by atoms with van der Waals surface area (Å²) in [5.41, 5.74) is -0.703. The first-order valence-electron chi connectivity index (χ1n) is 4.44. The molecule has 3 nitrogen and oxygen atoms in total. The van der Waals surface area contributed by atoms with Gasteiger partial charge in [-0.2, -0.15) is 0 Å². The molecule has 0 radical (unpaired) electrons. The van der Waals surface area contributed by atoms with E-state index >= 15 is 0 Å². The van der Waals surface area contributed by atoms with Gasteiger partial charge >= 0.3 is 0 Å². The van der Waals surface area contributed by atoms with Crippen LogP contribution in [0.2, 0.25) is 0 Å². The van der Waals surface area contributed by atoms with Crippen LogP contribution in [0, 0.1) is 11.8 Å². The monoisotopic (exact) mass is 185 g/mol. The molecule has 3 heteroatoms. The standard InChI is InChI=1S/C10H19NO2/c1-4-5-7-11-9-10(2,12)6-8-13-3/h11-12H,6-9H2,1-3H3. The summed E-state index contributed by atoms with van der Waals surface area (Å²) >= 11 is 0. The molecule has 76 valence electrons. The Morgan fingerprint density at radius 3 is 2.77 bits per heavy atom. The largest absolute Gasteiger partial charge is 0.389 e. The second kappa shape index (κ2) is 6.90. The van der Waals surface area contributed by atoms with E-state index in [2.05, 4.69) is 17.2 Å². The van der Waals surface area contributed by atoms with Crippen molar-refractivity contribution in [1.82, 2.24) is 5.32 Å². The molecule has 0 rings (SSSR count). The van der Waals surface area contributed by atoms with Crippen molar-refractivity contribution in [1.29, 1.82) is 0 Å². The molecule has 0 aliphatic heterocycles. The van der Waals surface area contributed by atoms with Crippen LogP contribution in [0.15, 0.2) is 0 Å². The van der Waals surface area contributed by atoms with Gasteiger partial charge in [0.1, 0.15) is 0 Å². The Labute approximate surface area is 80.5 Å². The molecule has 0 aromatic heterocycles. The molecule has 0 heterocycles. The summed E-state index contributed by atoms with van der Waals surface area (Å²) in [5.74, 6) is 5.65. The predicted octanol–water partition coefficient (Wildman–Crippen LogP) is 0.387. The lowest BCUT2D eigenvalue weighted by atomic mass is 10.0. The molecule has 2 N–H and O–H groups in total. The first-order chi connectivity index (χ1) is 6.12. The summed E-state index contributed by atoms with van der Waals surface area (Å²) in [7, 11) is 1.63. The highest BCUT2D eigenvalue weighted by molar-refractivity contribution is 4.97. The Balaban J connectivity index is 3.53. The summed E-state index contributed by atoms with van der Waals surface area (Å²) in [6.45, 7) is 5.34. The summed E-state index contributed by atoms with van der Waals surface area (Å²) in [4.78, 5) is 0. The number of methoxy groups -OCH3 is 1. The quantitative estimate of drug-likeness (QED) is 0.464. The van der Waals surface area contributed by atoms with E-state index < -0.39 is 5.60 Å². The number of hydrogen-bond donors (Lipinski definition) is 2. The van der Waals surface area contributed by atoms with E-state index in [9.17, 15) is 5.11 Å². The number of ether oxygens (including phenoxy) is 1. The zero-order valence-electron chi connectivity index (χ0n) is 8.68. The van der Waals surface area contributed by atoms with Gasteiger partial charge in [-0.05, 0) is 13.8 Å². The number of rotatable bonds is 6. The molecule has 0 aromatic rings. The summed E-state index contributed by atoms with van der Waals surface area (Å²) in [5, 5.41) is 12.8. The van der Waals surface area contributed by atoms with Crippen LogP contribution in [0.1, 0.15) is 20.3 Å². The first-order valence-corrected chi connectivity index (χ1v) is 4.44. The summed E-state index contributed by atoms with van der Waals surface area (Å²) in [6, 6.07) is 0. The van der Waals surface area contributed by atoms with E-state index in [4.69, 9.17) is 4.74 Å². The third kappa shape index (κ3) is 7.79. The van der Waals surface area contributed by atoms with Gasteiger partial charge < -0.3 is 15.2 Å². The topological polar surface area (TPSA) is 41.5 Å². The highest BCUT2D eigenvalue weighted by atomic mass is 16.5. The highest BCUT2D eigenvalue weighted by Gasteiger charge is 2.18. The van der Waals surface area contributed by atoms with E-state index in [1.54, 1.807) is 21.0 Å². The maximum absolute atomic E-state index is 9.75. The van der Waals surface area contributed by atoms with Crippen molar-refractivity contribution >= 4 is 0 Å². The van der Waals surface area contributed by atoms with Crippen LogP contribution in [0.5, 0.6) is 0 Å². The Morgan fingerprint density at radius 1 is 1.54 bits per heavy atom. The Bertz CT molecular complexity index is 179. The molecule has 0 saturated carbocycles. The van der Waals surface area contributed by atoms with E-state index in [-0.39, 0.29) is 0 Å². The first kappa shape index (κ1) is 12.4. The van der Waals surface area contributed by atoms with Crippen LogP contribution in [0.4, 0.5) is 0 Å². The Hall–Kier alpha value is -0.560. The molecule has 0 aliphatic rings. The Kier molecular flexibility index (Phi) is 6.61. The molecular formula is C10H19NO2. The molecule has 0 amide bonds. The van der Waals surface area contributed by atoms with Crippen molar-refractivity contribution in [2.45, 2.75) is 25.9 Å². The zero-order valence-corrected chi connectivity index (χ0v) is 8.68. The fourth-order valence-corrected chi connectivity index (χ4v) is 0.893. The van der Waals surface area contributed by atoms with Crippen molar-refractivity contribution in [3.05, 3.63) is 0 Å². The van der Waals surface area contributed by atoms with Crippen LogP contribution >= 0.6 is 0 Å². The molecule has 1 atom stereocenters. The number of aliphatic hydroxyl groups is 1. The smallest absolute Gasteiger partial charge is 0.0765 e. The van der Waals surface area contributed by atoms with Crippen molar-refractivity contribution < 1.29 is 9.84 Å². The zero-order chi connectivity index (χ0) is 10.2. The molecule has 1 unspecified atom stereocenters. The average Bonchev–Trinajstić information content (AvgIpc) is 2.09. The highest BCUT2D eigenvalue weighted by Crippen LogP contribution is 2.06. The summed E-state index contributed by atoms with van der Waals surface area (Å²) < 4.78 is 4.89. The second-order valence-corrected chi connectivity index (χ2v) is 3.27. The van der Waals surface area contributed by atoms with Gasteiger partial charge in [-0.25, -0.2) is 0 Å². The lowest BCUT2D eigenvalue weighted by molar-refractivity contribution is 0.0259. The van der Waals surface area contributed by atoms with Gasteiger partial charge in [0.05, 0.1) is 12.1 Å². The lowest BCUT2D eigenvalue weighted by Crippen LogP contribution is -2.38. The van der Waals surface area contributed by atoms with Crippen molar-refractivity contribution in [3.8, 4) is 11.8 Å². The van der Waals surface area contributed by atoms with Gasteiger partial charge in [0.2, 0.25) is 0 Å². The number of hydrogen-bond acceptors (Lipinski definition) is 3. The molecule has 0 fully saturated rings. The van der Waals surface area contributed by atoms with Crippen LogP contribution in [0.25, 0.3) is 0 Å². The van der Waals surface area contributed by atoms with Gasteiger partial charge in [0.15, 0.2) is 0 Å². The predicted molar refractivity (Wildman–Crippen MR) is 53.4 cm³/mol. The third-order valence-electron chi connectivity index (χ3n) is 1.74. The van der Waals surface area contributed by atoms with E-state index in [1.165, 1.54) is 0 Å². The molecular weight excluding hydrogens is 166 g/mol. The molecule has 0 aromatic carbocycles. The van der Waals surface area contributed by atoms with Gasteiger partial charge in [-0.15, -0.1) is 5.92 Å².